The molecule has 2 N–H and O–H groups in total. The SMILES string of the molecule is NOCc1ccc(OC2CCC2)c(Cl)c1. The smallest absolute Gasteiger partial charge is 0.138 e. The van der Waals surface area contributed by atoms with Gasteiger partial charge in [-0.05, 0) is 37.0 Å². The molecule has 1 saturated carbocycles. The zero-order valence-electron chi connectivity index (χ0n) is 8.41. The standard InChI is InChI=1S/C11H14ClNO2/c12-10-6-8(7-14-13)4-5-11(10)15-9-2-1-3-9/h4-6,9H,1-3,7,13H2. The second-order valence-electron chi connectivity index (χ2n) is 3.75. The lowest BCUT2D eigenvalue weighted by molar-refractivity contribution is 0.119. The molecule has 1 aliphatic rings. The molecule has 0 atom stereocenters. The topological polar surface area (TPSA) is 44.5 Å². The maximum Gasteiger partial charge on any atom is 0.138 e. The molecule has 0 spiro atoms. The third kappa shape index (κ3) is 2.62. The lowest BCUT2D eigenvalue weighted by atomic mass is 9.96. The van der Waals surface area contributed by atoms with E-state index < -0.39 is 0 Å². The van der Waals surface area contributed by atoms with E-state index in [1.54, 1.807) is 0 Å². The Morgan fingerprint density at radius 3 is 2.73 bits per heavy atom. The molecule has 0 heterocycles. The Balaban J connectivity index is 2.04. The molecule has 0 radical (unpaired) electrons. The Hall–Kier alpha value is -0.770. The number of benzene rings is 1. The molecule has 1 fully saturated rings. The van der Waals surface area contributed by atoms with Crippen LogP contribution < -0.4 is 10.6 Å². The minimum atomic E-state index is 0.346. The molecule has 0 bridgehead atoms. The van der Waals surface area contributed by atoms with Crippen LogP contribution >= 0.6 is 11.6 Å². The summed E-state index contributed by atoms with van der Waals surface area (Å²) in [6, 6.07) is 5.60. The second kappa shape index (κ2) is 4.84. The molecule has 1 aliphatic carbocycles. The first kappa shape index (κ1) is 10.7. The molecule has 0 aliphatic heterocycles. The summed E-state index contributed by atoms with van der Waals surface area (Å²) in [5.74, 6) is 5.74. The summed E-state index contributed by atoms with van der Waals surface area (Å²) in [7, 11) is 0. The molecule has 0 unspecified atom stereocenters. The van der Waals surface area contributed by atoms with Gasteiger partial charge >= 0.3 is 0 Å². The second-order valence-corrected chi connectivity index (χ2v) is 4.15. The third-order valence-corrected chi connectivity index (χ3v) is 2.89. The Labute approximate surface area is 94.1 Å². The molecule has 3 nitrogen and oxygen atoms in total. The number of hydrogen-bond donors (Lipinski definition) is 1. The van der Waals surface area contributed by atoms with Crippen molar-refractivity contribution in [2.75, 3.05) is 0 Å². The first-order chi connectivity index (χ1) is 7.29. The quantitative estimate of drug-likeness (QED) is 0.805. The summed E-state index contributed by atoms with van der Waals surface area (Å²) in [5.41, 5.74) is 0.948. The van der Waals surface area contributed by atoms with E-state index in [-0.39, 0.29) is 0 Å². The summed E-state index contributed by atoms with van der Waals surface area (Å²) in [5, 5.41) is 0.622. The predicted molar refractivity (Wildman–Crippen MR) is 58.7 cm³/mol. The van der Waals surface area contributed by atoms with E-state index in [1.165, 1.54) is 6.42 Å². The van der Waals surface area contributed by atoms with Gasteiger partial charge in [0, 0.05) is 0 Å². The molecule has 0 amide bonds. The first-order valence-electron chi connectivity index (χ1n) is 5.06. The van der Waals surface area contributed by atoms with Crippen molar-refractivity contribution in [2.24, 2.45) is 5.90 Å². The van der Waals surface area contributed by atoms with Crippen LogP contribution in [0.2, 0.25) is 5.02 Å². The van der Waals surface area contributed by atoms with Crippen molar-refractivity contribution in [1.29, 1.82) is 0 Å². The summed E-state index contributed by atoms with van der Waals surface area (Å²) in [6.45, 7) is 0.365. The van der Waals surface area contributed by atoms with Crippen LogP contribution in [0, 0.1) is 0 Å². The van der Waals surface area contributed by atoms with E-state index in [0.717, 1.165) is 24.2 Å². The minimum absolute atomic E-state index is 0.346. The minimum Gasteiger partial charge on any atom is -0.489 e. The highest BCUT2D eigenvalue weighted by Gasteiger charge is 2.20. The van der Waals surface area contributed by atoms with E-state index in [2.05, 4.69) is 4.84 Å². The van der Waals surface area contributed by atoms with Gasteiger partial charge in [-0.25, -0.2) is 5.90 Å². The highest BCUT2D eigenvalue weighted by molar-refractivity contribution is 6.32. The van der Waals surface area contributed by atoms with Gasteiger partial charge in [-0.15, -0.1) is 0 Å². The van der Waals surface area contributed by atoms with Crippen LogP contribution in [0.3, 0.4) is 0 Å². The summed E-state index contributed by atoms with van der Waals surface area (Å²) in [6.07, 6.45) is 3.86. The maximum atomic E-state index is 6.07. The van der Waals surface area contributed by atoms with Gasteiger partial charge in [0.1, 0.15) is 5.75 Å². The molecule has 0 aromatic heterocycles. The van der Waals surface area contributed by atoms with Crippen molar-refractivity contribution >= 4 is 11.6 Å². The predicted octanol–water partition coefficient (Wildman–Crippen LogP) is 2.66. The van der Waals surface area contributed by atoms with E-state index in [4.69, 9.17) is 22.2 Å². The lowest BCUT2D eigenvalue weighted by Crippen LogP contribution is -2.24. The lowest BCUT2D eigenvalue weighted by Gasteiger charge is -2.26. The van der Waals surface area contributed by atoms with Crippen molar-refractivity contribution in [3.63, 3.8) is 0 Å². The monoisotopic (exact) mass is 227 g/mol. The van der Waals surface area contributed by atoms with Gasteiger partial charge in [0.05, 0.1) is 17.7 Å². The van der Waals surface area contributed by atoms with Gasteiger partial charge < -0.3 is 4.74 Å². The number of ether oxygens (including phenoxy) is 1. The van der Waals surface area contributed by atoms with E-state index in [1.807, 2.05) is 18.2 Å². The van der Waals surface area contributed by atoms with Crippen molar-refractivity contribution in [2.45, 2.75) is 32.0 Å². The van der Waals surface area contributed by atoms with Gasteiger partial charge in [-0.1, -0.05) is 17.7 Å². The fourth-order valence-corrected chi connectivity index (χ4v) is 1.74. The number of nitrogens with two attached hydrogens (primary N) is 1. The molecule has 1 aromatic rings. The highest BCUT2D eigenvalue weighted by Crippen LogP contribution is 2.31. The van der Waals surface area contributed by atoms with Crippen LogP contribution in [0.1, 0.15) is 24.8 Å². The first-order valence-corrected chi connectivity index (χ1v) is 5.44. The van der Waals surface area contributed by atoms with E-state index in [9.17, 15) is 0 Å². The molecule has 15 heavy (non-hydrogen) atoms. The number of rotatable bonds is 4. The molecule has 1 aromatic carbocycles. The molecule has 2 rings (SSSR count). The zero-order valence-corrected chi connectivity index (χ0v) is 9.17. The number of halogens is 1. The summed E-state index contributed by atoms with van der Waals surface area (Å²) in [4.78, 5) is 4.54. The van der Waals surface area contributed by atoms with Gasteiger partial charge in [-0.3, -0.25) is 4.84 Å². The third-order valence-electron chi connectivity index (χ3n) is 2.59. The van der Waals surface area contributed by atoms with E-state index in [0.29, 0.717) is 17.7 Å². The molecule has 82 valence electrons. The highest BCUT2D eigenvalue weighted by atomic mass is 35.5. The van der Waals surface area contributed by atoms with Crippen molar-refractivity contribution < 1.29 is 9.57 Å². The Morgan fingerprint density at radius 1 is 1.40 bits per heavy atom. The zero-order chi connectivity index (χ0) is 10.7. The van der Waals surface area contributed by atoms with Gasteiger partial charge in [0.2, 0.25) is 0 Å². The fraction of sp³-hybridized carbons (Fsp3) is 0.455. The fourth-order valence-electron chi connectivity index (χ4n) is 1.49. The van der Waals surface area contributed by atoms with Crippen LogP contribution in [0.15, 0.2) is 18.2 Å². The molecular weight excluding hydrogens is 214 g/mol. The Morgan fingerprint density at radius 2 is 2.20 bits per heavy atom. The van der Waals surface area contributed by atoms with Crippen LogP contribution in [0.4, 0.5) is 0 Å². The van der Waals surface area contributed by atoms with Gasteiger partial charge in [-0.2, -0.15) is 0 Å². The Kier molecular flexibility index (Phi) is 3.46. The van der Waals surface area contributed by atoms with Crippen LogP contribution in [0.25, 0.3) is 0 Å². The van der Waals surface area contributed by atoms with Gasteiger partial charge in [0.15, 0.2) is 0 Å². The van der Waals surface area contributed by atoms with Crippen molar-refractivity contribution in [3.05, 3.63) is 28.8 Å². The van der Waals surface area contributed by atoms with Crippen LogP contribution in [0.5, 0.6) is 5.75 Å². The normalized spacial score (nSPS) is 16.1. The summed E-state index contributed by atoms with van der Waals surface area (Å²) < 4.78 is 5.71. The average molecular weight is 228 g/mol. The largest absolute Gasteiger partial charge is 0.489 e. The van der Waals surface area contributed by atoms with Crippen LogP contribution in [-0.2, 0) is 11.4 Å². The average Bonchev–Trinajstić information content (AvgIpc) is 2.14. The summed E-state index contributed by atoms with van der Waals surface area (Å²) >= 11 is 6.07. The van der Waals surface area contributed by atoms with E-state index >= 15 is 0 Å². The maximum absolute atomic E-state index is 6.07. The van der Waals surface area contributed by atoms with Crippen molar-refractivity contribution in [3.8, 4) is 5.75 Å². The molecule has 0 saturated heterocycles. The number of hydrogen-bond acceptors (Lipinski definition) is 3. The Bertz CT molecular complexity index is 339. The molecular formula is C11H14ClNO2. The molecule has 4 heteroatoms. The van der Waals surface area contributed by atoms with Gasteiger partial charge in [0.25, 0.3) is 0 Å². The van der Waals surface area contributed by atoms with Crippen LogP contribution in [-0.4, -0.2) is 6.10 Å². The van der Waals surface area contributed by atoms with Crippen molar-refractivity contribution in [1.82, 2.24) is 0 Å².